The standard InChI is InChI=1S/C18H34N2O2/c1-15-5-7-17(13-21)11-19(15)9-3-4-10-20-12-18(14-22)8-6-16(20)2/h3-4,15-18,21-22H,5-14H2,1-2H3/b4-3+/t15-,16-,17-,18+/m1/s1. The van der Waals surface area contributed by atoms with E-state index in [9.17, 15) is 10.2 Å². The van der Waals surface area contributed by atoms with Crippen molar-refractivity contribution in [1.29, 1.82) is 0 Å². The van der Waals surface area contributed by atoms with E-state index < -0.39 is 0 Å². The molecule has 2 heterocycles. The number of likely N-dealkylation sites (tertiary alicyclic amines) is 2. The first kappa shape index (κ1) is 17.9. The van der Waals surface area contributed by atoms with Gasteiger partial charge in [-0.1, -0.05) is 12.2 Å². The van der Waals surface area contributed by atoms with Crippen molar-refractivity contribution in [1.82, 2.24) is 9.80 Å². The summed E-state index contributed by atoms with van der Waals surface area (Å²) >= 11 is 0. The summed E-state index contributed by atoms with van der Waals surface area (Å²) in [6.07, 6.45) is 9.27. The summed E-state index contributed by atoms with van der Waals surface area (Å²) in [6.45, 7) is 9.25. The first-order chi connectivity index (χ1) is 10.6. The zero-order chi connectivity index (χ0) is 15.9. The van der Waals surface area contributed by atoms with Crippen LogP contribution in [-0.2, 0) is 0 Å². The Kier molecular flexibility index (Phi) is 7.35. The molecule has 4 atom stereocenters. The van der Waals surface area contributed by atoms with Gasteiger partial charge in [0.05, 0.1) is 0 Å². The van der Waals surface area contributed by atoms with Gasteiger partial charge >= 0.3 is 0 Å². The molecule has 0 aliphatic carbocycles. The molecule has 2 fully saturated rings. The number of aliphatic hydroxyl groups is 2. The Morgan fingerprint density at radius 3 is 1.55 bits per heavy atom. The fraction of sp³-hybridized carbons (Fsp3) is 0.889. The van der Waals surface area contributed by atoms with E-state index in [4.69, 9.17) is 0 Å². The van der Waals surface area contributed by atoms with Gasteiger partial charge in [0.1, 0.15) is 0 Å². The maximum Gasteiger partial charge on any atom is 0.0471 e. The molecule has 0 aromatic heterocycles. The van der Waals surface area contributed by atoms with Crippen LogP contribution in [0.2, 0.25) is 0 Å². The maximum absolute atomic E-state index is 9.34. The molecule has 0 aromatic carbocycles. The Bertz CT molecular complexity index is 316. The van der Waals surface area contributed by atoms with Crippen molar-refractivity contribution in [2.45, 2.75) is 51.6 Å². The number of hydrogen-bond donors (Lipinski definition) is 2. The van der Waals surface area contributed by atoms with E-state index in [1.165, 1.54) is 12.8 Å². The normalized spacial score (nSPS) is 35.3. The highest BCUT2D eigenvalue weighted by Gasteiger charge is 2.25. The van der Waals surface area contributed by atoms with Crippen LogP contribution in [0.3, 0.4) is 0 Å². The largest absolute Gasteiger partial charge is 0.396 e. The van der Waals surface area contributed by atoms with E-state index in [1.54, 1.807) is 0 Å². The molecule has 2 aliphatic heterocycles. The minimum Gasteiger partial charge on any atom is -0.396 e. The number of hydrogen-bond acceptors (Lipinski definition) is 4. The van der Waals surface area contributed by atoms with E-state index in [0.29, 0.717) is 37.1 Å². The predicted molar refractivity (Wildman–Crippen MR) is 90.8 cm³/mol. The summed E-state index contributed by atoms with van der Waals surface area (Å²) in [5.74, 6) is 0.911. The fourth-order valence-electron chi connectivity index (χ4n) is 3.75. The van der Waals surface area contributed by atoms with Crippen molar-refractivity contribution < 1.29 is 10.2 Å². The number of rotatable bonds is 6. The lowest BCUT2D eigenvalue weighted by atomic mass is 9.94. The highest BCUT2D eigenvalue weighted by Crippen LogP contribution is 2.22. The van der Waals surface area contributed by atoms with Crippen LogP contribution in [0, 0.1) is 11.8 Å². The smallest absolute Gasteiger partial charge is 0.0471 e. The number of aliphatic hydroxyl groups excluding tert-OH is 2. The Hall–Kier alpha value is -0.420. The van der Waals surface area contributed by atoms with Crippen molar-refractivity contribution in [3.63, 3.8) is 0 Å². The van der Waals surface area contributed by atoms with Gasteiger partial charge in [-0.15, -0.1) is 0 Å². The molecule has 0 radical (unpaired) electrons. The lowest BCUT2D eigenvalue weighted by Crippen LogP contribution is -2.43. The second kappa shape index (κ2) is 9.02. The molecule has 0 spiro atoms. The predicted octanol–water partition coefficient (Wildman–Crippen LogP) is 1.73. The van der Waals surface area contributed by atoms with Gasteiger partial charge in [-0.3, -0.25) is 9.80 Å². The SMILES string of the molecule is C[C@@H]1CC[C@@H](CO)CN1C/C=C/CN1C[C@@H](CO)CC[C@H]1C. The Labute approximate surface area is 135 Å². The first-order valence-corrected chi connectivity index (χ1v) is 8.98. The molecule has 22 heavy (non-hydrogen) atoms. The van der Waals surface area contributed by atoms with Crippen molar-refractivity contribution >= 4 is 0 Å². The first-order valence-electron chi connectivity index (χ1n) is 8.98. The fourth-order valence-corrected chi connectivity index (χ4v) is 3.75. The summed E-state index contributed by atoms with van der Waals surface area (Å²) in [4.78, 5) is 4.97. The van der Waals surface area contributed by atoms with E-state index in [2.05, 4.69) is 35.8 Å². The van der Waals surface area contributed by atoms with Gasteiger partial charge in [-0.2, -0.15) is 0 Å². The van der Waals surface area contributed by atoms with Crippen LogP contribution in [-0.4, -0.2) is 71.5 Å². The molecular formula is C18H34N2O2. The van der Waals surface area contributed by atoms with Crippen LogP contribution >= 0.6 is 0 Å². The van der Waals surface area contributed by atoms with Gasteiger partial charge in [-0.05, 0) is 51.4 Å². The lowest BCUT2D eigenvalue weighted by Gasteiger charge is -2.37. The molecule has 0 saturated carbocycles. The molecule has 4 heteroatoms. The van der Waals surface area contributed by atoms with Gasteiger partial charge in [0.25, 0.3) is 0 Å². The van der Waals surface area contributed by atoms with Gasteiger partial charge in [0.2, 0.25) is 0 Å². The van der Waals surface area contributed by atoms with Crippen LogP contribution in [0.5, 0.6) is 0 Å². The number of piperidine rings is 2. The maximum atomic E-state index is 9.34. The van der Waals surface area contributed by atoms with Gasteiger partial charge < -0.3 is 10.2 Å². The van der Waals surface area contributed by atoms with Crippen LogP contribution < -0.4 is 0 Å². The third-order valence-corrected chi connectivity index (χ3v) is 5.58. The van der Waals surface area contributed by atoms with E-state index in [1.807, 2.05) is 0 Å². The number of nitrogens with zero attached hydrogens (tertiary/aromatic N) is 2. The van der Waals surface area contributed by atoms with Crippen molar-refractivity contribution in [2.75, 3.05) is 39.4 Å². The molecule has 0 bridgehead atoms. The second-order valence-corrected chi connectivity index (χ2v) is 7.33. The van der Waals surface area contributed by atoms with Gasteiger partial charge in [-0.25, -0.2) is 0 Å². The molecule has 4 nitrogen and oxygen atoms in total. The summed E-state index contributed by atoms with van der Waals surface area (Å²) in [7, 11) is 0. The molecule has 2 N–H and O–H groups in total. The van der Waals surface area contributed by atoms with Gasteiger partial charge in [0.15, 0.2) is 0 Å². The van der Waals surface area contributed by atoms with Crippen LogP contribution in [0.4, 0.5) is 0 Å². The average molecular weight is 310 g/mol. The minimum absolute atomic E-state index is 0.320. The highest BCUT2D eigenvalue weighted by molar-refractivity contribution is 4.92. The molecule has 2 rings (SSSR count). The summed E-state index contributed by atoms with van der Waals surface area (Å²) in [5, 5.41) is 18.7. The highest BCUT2D eigenvalue weighted by atomic mass is 16.3. The Morgan fingerprint density at radius 1 is 0.773 bits per heavy atom. The topological polar surface area (TPSA) is 46.9 Å². The lowest BCUT2D eigenvalue weighted by molar-refractivity contribution is 0.0895. The molecule has 2 saturated heterocycles. The average Bonchev–Trinajstić information content (AvgIpc) is 2.54. The van der Waals surface area contributed by atoms with Crippen LogP contribution in [0.25, 0.3) is 0 Å². The molecule has 0 amide bonds. The third-order valence-electron chi connectivity index (χ3n) is 5.58. The molecule has 0 aromatic rings. The zero-order valence-electron chi connectivity index (χ0n) is 14.3. The Morgan fingerprint density at radius 2 is 1.18 bits per heavy atom. The summed E-state index contributed by atoms with van der Waals surface area (Å²) in [5.41, 5.74) is 0. The minimum atomic E-state index is 0.320. The van der Waals surface area contributed by atoms with E-state index in [0.717, 1.165) is 39.0 Å². The molecule has 0 unspecified atom stereocenters. The molecule has 128 valence electrons. The van der Waals surface area contributed by atoms with E-state index in [-0.39, 0.29) is 0 Å². The third kappa shape index (κ3) is 5.05. The Balaban J connectivity index is 1.74. The monoisotopic (exact) mass is 310 g/mol. The van der Waals surface area contributed by atoms with Gasteiger partial charge in [0, 0.05) is 51.5 Å². The van der Waals surface area contributed by atoms with Crippen molar-refractivity contribution in [3.8, 4) is 0 Å². The second-order valence-electron chi connectivity index (χ2n) is 7.33. The van der Waals surface area contributed by atoms with Crippen molar-refractivity contribution in [3.05, 3.63) is 12.2 Å². The van der Waals surface area contributed by atoms with Crippen molar-refractivity contribution in [2.24, 2.45) is 11.8 Å². The quantitative estimate of drug-likeness (QED) is 0.734. The summed E-state index contributed by atoms with van der Waals surface area (Å²) < 4.78 is 0. The summed E-state index contributed by atoms with van der Waals surface area (Å²) in [6, 6.07) is 1.25. The van der Waals surface area contributed by atoms with E-state index >= 15 is 0 Å². The molecule has 2 aliphatic rings. The molecular weight excluding hydrogens is 276 g/mol. The van der Waals surface area contributed by atoms with Crippen LogP contribution in [0.15, 0.2) is 12.2 Å². The van der Waals surface area contributed by atoms with Crippen LogP contribution in [0.1, 0.15) is 39.5 Å². The zero-order valence-corrected chi connectivity index (χ0v) is 14.3.